The second kappa shape index (κ2) is 4.75. The van der Waals surface area contributed by atoms with Crippen LogP contribution in [-0.4, -0.2) is 35.6 Å². The number of anilines is 1. The van der Waals surface area contributed by atoms with Crippen LogP contribution >= 0.6 is 27.5 Å². The quantitative estimate of drug-likeness (QED) is 0.850. The van der Waals surface area contributed by atoms with E-state index in [1.165, 1.54) is 25.9 Å². The van der Waals surface area contributed by atoms with E-state index in [4.69, 9.17) is 11.6 Å². The summed E-state index contributed by atoms with van der Waals surface area (Å²) in [6, 6.07) is 2.53. The van der Waals surface area contributed by atoms with Crippen molar-refractivity contribution < 1.29 is 0 Å². The first-order valence-electron chi connectivity index (χ1n) is 6.02. The zero-order valence-corrected chi connectivity index (χ0v) is 11.8. The Bertz CT molecular complexity index is 418. The molecule has 4 heterocycles. The monoisotopic (exact) mass is 315 g/mol. The molecule has 1 atom stereocenters. The SMILES string of the molecule is Clc1ncc(Br)cc1NC1CN2CCC1CC2. The van der Waals surface area contributed by atoms with Gasteiger partial charge in [-0.1, -0.05) is 11.6 Å². The molecular formula is C12H15BrClN3. The normalized spacial score (nSPS) is 31.5. The van der Waals surface area contributed by atoms with Gasteiger partial charge in [0, 0.05) is 23.3 Å². The molecule has 3 nitrogen and oxygen atoms in total. The smallest absolute Gasteiger partial charge is 0.152 e. The maximum atomic E-state index is 6.11. The largest absolute Gasteiger partial charge is 0.378 e. The number of hydrogen-bond donors (Lipinski definition) is 1. The highest BCUT2D eigenvalue weighted by atomic mass is 79.9. The van der Waals surface area contributed by atoms with E-state index >= 15 is 0 Å². The summed E-state index contributed by atoms with van der Waals surface area (Å²) in [5.74, 6) is 0.787. The summed E-state index contributed by atoms with van der Waals surface area (Å²) in [7, 11) is 0. The van der Waals surface area contributed by atoms with Gasteiger partial charge in [-0.05, 0) is 53.8 Å². The van der Waals surface area contributed by atoms with E-state index in [9.17, 15) is 0 Å². The number of aromatic nitrogens is 1. The van der Waals surface area contributed by atoms with Crippen molar-refractivity contribution in [3.8, 4) is 0 Å². The van der Waals surface area contributed by atoms with Crippen LogP contribution in [0.2, 0.25) is 5.15 Å². The number of rotatable bonds is 2. The lowest BCUT2D eigenvalue weighted by atomic mass is 9.84. The summed E-state index contributed by atoms with van der Waals surface area (Å²) in [4.78, 5) is 6.67. The minimum atomic E-state index is 0.520. The van der Waals surface area contributed by atoms with Gasteiger partial charge in [0.05, 0.1) is 5.69 Å². The van der Waals surface area contributed by atoms with Crippen molar-refractivity contribution in [1.82, 2.24) is 9.88 Å². The Hall–Kier alpha value is -0.320. The molecule has 1 N–H and O–H groups in total. The van der Waals surface area contributed by atoms with E-state index in [2.05, 4.69) is 31.1 Å². The molecule has 0 radical (unpaired) electrons. The maximum absolute atomic E-state index is 6.11. The zero-order chi connectivity index (χ0) is 11.8. The number of pyridine rings is 1. The number of piperidine rings is 3. The van der Waals surface area contributed by atoms with E-state index in [0.29, 0.717) is 11.2 Å². The minimum absolute atomic E-state index is 0.520. The molecule has 3 saturated heterocycles. The average molecular weight is 317 g/mol. The molecule has 5 heteroatoms. The van der Waals surface area contributed by atoms with Crippen LogP contribution in [0.1, 0.15) is 12.8 Å². The summed E-state index contributed by atoms with van der Waals surface area (Å²) < 4.78 is 0.964. The van der Waals surface area contributed by atoms with Crippen molar-refractivity contribution in [3.05, 3.63) is 21.9 Å². The fraction of sp³-hybridized carbons (Fsp3) is 0.583. The fourth-order valence-electron chi connectivity index (χ4n) is 2.85. The van der Waals surface area contributed by atoms with Crippen LogP contribution in [0.15, 0.2) is 16.7 Å². The first kappa shape index (κ1) is 11.8. The summed E-state index contributed by atoms with van der Waals surface area (Å²) in [6.45, 7) is 3.65. The number of hydrogen-bond acceptors (Lipinski definition) is 3. The Labute approximate surface area is 115 Å². The molecule has 17 heavy (non-hydrogen) atoms. The summed E-state index contributed by atoms with van der Waals surface area (Å²) in [5.41, 5.74) is 0.944. The molecule has 3 aliphatic rings. The van der Waals surface area contributed by atoms with Crippen molar-refractivity contribution in [3.63, 3.8) is 0 Å². The van der Waals surface area contributed by atoms with Crippen LogP contribution in [0.5, 0.6) is 0 Å². The summed E-state index contributed by atoms with van der Waals surface area (Å²) in [6.07, 6.45) is 4.33. The molecule has 0 aromatic carbocycles. The van der Waals surface area contributed by atoms with Gasteiger partial charge in [-0.25, -0.2) is 4.98 Å². The number of halogens is 2. The third-order valence-corrected chi connectivity index (χ3v) is 4.54. The molecule has 2 bridgehead atoms. The van der Waals surface area contributed by atoms with Gasteiger partial charge < -0.3 is 10.2 Å². The molecule has 4 rings (SSSR count). The second-order valence-electron chi connectivity index (χ2n) is 4.88. The lowest BCUT2D eigenvalue weighted by Gasteiger charge is -2.45. The Kier molecular flexibility index (Phi) is 3.28. The van der Waals surface area contributed by atoms with Gasteiger partial charge in [0.1, 0.15) is 0 Å². The van der Waals surface area contributed by atoms with Crippen molar-refractivity contribution in [1.29, 1.82) is 0 Å². The second-order valence-corrected chi connectivity index (χ2v) is 6.15. The predicted molar refractivity (Wildman–Crippen MR) is 73.5 cm³/mol. The number of nitrogens with zero attached hydrogens (tertiary/aromatic N) is 2. The van der Waals surface area contributed by atoms with Gasteiger partial charge in [-0.2, -0.15) is 0 Å². The van der Waals surface area contributed by atoms with Gasteiger partial charge in [-0.15, -0.1) is 0 Å². The highest BCUT2D eigenvalue weighted by Crippen LogP contribution is 2.32. The molecule has 0 spiro atoms. The van der Waals surface area contributed by atoms with Crippen molar-refractivity contribution >= 4 is 33.2 Å². The summed E-state index contributed by atoms with van der Waals surface area (Å²) >= 11 is 9.54. The van der Waals surface area contributed by atoms with Crippen LogP contribution in [-0.2, 0) is 0 Å². The molecule has 92 valence electrons. The Morgan fingerprint density at radius 3 is 2.82 bits per heavy atom. The first-order valence-corrected chi connectivity index (χ1v) is 7.19. The van der Waals surface area contributed by atoms with E-state index in [-0.39, 0.29) is 0 Å². The Morgan fingerprint density at radius 2 is 2.18 bits per heavy atom. The van der Waals surface area contributed by atoms with E-state index in [1.807, 2.05) is 6.07 Å². The zero-order valence-electron chi connectivity index (χ0n) is 9.50. The molecule has 1 aromatic rings. The maximum Gasteiger partial charge on any atom is 0.152 e. The topological polar surface area (TPSA) is 28.2 Å². The lowest BCUT2D eigenvalue weighted by Crippen LogP contribution is -2.53. The van der Waals surface area contributed by atoms with E-state index in [0.717, 1.165) is 22.6 Å². The molecule has 1 unspecified atom stereocenters. The van der Waals surface area contributed by atoms with Crippen molar-refractivity contribution in [2.24, 2.45) is 5.92 Å². The van der Waals surface area contributed by atoms with Crippen LogP contribution in [0, 0.1) is 5.92 Å². The van der Waals surface area contributed by atoms with Crippen LogP contribution < -0.4 is 5.32 Å². The molecule has 1 aromatic heterocycles. The predicted octanol–water partition coefficient (Wildman–Crippen LogP) is 3.00. The molecule has 3 fully saturated rings. The van der Waals surface area contributed by atoms with Crippen molar-refractivity contribution in [2.75, 3.05) is 25.0 Å². The van der Waals surface area contributed by atoms with E-state index < -0.39 is 0 Å². The summed E-state index contributed by atoms with van der Waals surface area (Å²) in [5, 5.41) is 4.12. The lowest BCUT2D eigenvalue weighted by molar-refractivity contribution is 0.0975. The third kappa shape index (κ3) is 2.44. The van der Waals surface area contributed by atoms with Crippen LogP contribution in [0.3, 0.4) is 0 Å². The highest BCUT2D eigenvalue weighted by Gasteiger charge is 2.34. The van der Waals surface area contributed by atoms with E-state index in [1.54, 1.807) is 6.20 Å². The Balaban J connectivity index is 1.76. The fourth-order valence-corrected chi connectivity index (χ4v) is 3.34. The standard InChI is InChI=1S/C12H15BrClN3/c13-9-5-10(12(14)15-6-9)16-11-7-17-3-1-8(11)2-4-17/h5-6,8,11,16H,1-4,7H2. The van der Waals surface area contributed by atoms with Crippen LogP contribution in [0.4, 0.5) is 5.69 Å². The van der Waals surface area contributed by atoms with Gasteiger partial charge in [0.2, 0.25) is 0 Å². The van der Waals surface area contributed by atoms with Gasteiger partial charge in [0.25, 0.3) is 0 Å². The van der Waals surface area contributed by atoms with Gasteiger partial charge in [-0.3, -0.25) is 0 Å². The molecule has 0 saturated carbocycles. The molecule has 3 aliphatic heterocycles. The van der Waals surface area contributed by atoms with Crippen LogP contribution in [0.25, 0.3) is 0 Å². The Morgan fingerprint density at radius 1 is 1.41 bits per heavy atom. The number of fused-ring (bicyclic) bond motifs is 3. The molecule has 0 amide bonds. The molecular weight excluding hydrogens is 302 g/mol. The minimum Gasteiger partial charge on any atom is -0.378 e. The first-order chi connectivity index (χ1) is 8.22. The van der Waals surface area contributed by atoms with Crippen molar-refractivity contribution in [2.45, 2.75) is 18.9 Å². The van der Waals surface area contributed by atoms with Gasteiger partial charge >= 0.3 is 0 Å². The average Bonchev–Trinajstić information content (AvgIpc) is 2.35. The van der Waals surface area contributed by atoms with Gasteiger partial charge in [0.15, 0.2) is 5.15 Å². The third-order valence-electron chi connectivity index (χ3n) is 3.80. The molecule has 0 aliphatic carbocycles. The number of nitrogens with one attached hydrogen (secondary N) is 1. The highest BCUT2D eigenvalue weighted by molar-refractivity contribution is 9.10.